The van der Waals surface area contributed by atoms with Crippen molar-refractivity contribution in [3.05, 3.63) is 54.0 Å². The molecule has 0 aliphatic carbocycles. The quantitative estimate of drug-likeness (QED) is 0.644. The number of carbonyl (C=O) groups is 1. The zero-order chi connectivity index (χ0) is 21.2. The lowest BCUT2D eigenvalue weighted by atomic mass is 10.2. The number of benzene rings is 1. The Kier molecular flexibility index (Phi) is 5.28. The average Bonchev–Trinajstić information content (AvgIpc) is 3.52. The molecule has 0 radical (unpaired) electrons. The van der Waals surface area contributed by atoms with Gasteiger partial charge in [-0.2, -0.15) is 4.98 Å². The minimum atomic E-state index is -0.212. The summed E-state index contributed by atoms with van der Waals surface area (Å²) in [6.45, 7) is 6.91. The van der Waals surface area contributed by atoms with Crippen molar-refractivity contribution in [1.29, 1.82) is 0 Å². The van der Waals surface area contributed by atoms with Crippen LogP contribution >= 0.6 is 0 Å². The molecule has 0 bridgehead atoms. The first-order valence-corrected chi connectivity index (χ1v) is 10.8. The van der Waals surface area contributed by atoms with Crippen LogP contribution in [0.2, 0.25) is 0 Å². The molecule has 2 aromatic heterocycles. The molecule has 0 atom stereocenters. The third-order valence-corrected chi connectivity index (χ3v) is 6.01. The topological polar surface area (TPSA) is 78.6 Å². The number of hydrogen-bond acceptors (Lipinski definition) is 7. The van der Waals surface area contributed by atoms with E-state index in [4.69, 9.17) is 4.52 Å². The van der Waals surface area contributed by atoms with Gasteiger partial charge in [-0.3, -0.25) is 4.79 Å². The predicted molar refractivity (Wildman–Crippen MR) is 118 cm³/mol. The molecule has 1 amide bonds. The van der Waals surface area contributed by atoms with Gasteiger partial charge in [-0.25, -0.2) is 4.98 Å². The van der Waals surface area contributed by atoms with E-state index in [1.165, 1.54) is 24.1 Å². The van der Waals surface area contributed by atoms with Crippen molar-refractivity contribution in [3.8, 4) is 11.4 Å². The third kappa shape index (κ3) is 4.10. The number of pyridine rings is 1. The van der Waals surface area contributed by atoms with Gasteiger partial charge >= 0.3 is 11.8 Å². The summed E-state index contributed by atoms with van der Waals surface area (Å²) in [5.74, 6) is 1.17. The summed E-state index contributed by atoms with van der Waals surface area (Å²) in [7, 11) is 0. The highest BCUT2D eigenvalue weighted by Gasteiger charge is 2.27. The lowest BCUT2D eigenvalue weighted by molar-refractivity contribution is 0.0696. The van der Waals surface area contributed by atoms with Crippen LogP contribution in [0.25, 0.3) is 11.4 Å². The number of aromatic nitrogens is 3. The zero-order valence-corrected chi connectivity index (χ0v) is 17.7. The molecule has 0 N–H and O–H groups in total. The highest BCUT2D eigenvalue weighted by Crippen LogP contribution is 2.24. The zero-order valence-electron chi connectivity index (χ0n) is 17.7. The molecule has 160 valence electrons. The summed E-state index contributed by atoms with van der Waals surface area (Å²) in [6.07, 6.45) is 4.12. The molecular formula is C23H26N6O2. The summed E-state index contributed by atoms with van der Waals surface area (Å²) >= 11 is 0. The van der Waals surface area contributed by atoms with Gasteiger partial charge in [-0.05, 0) is 44.0 Å². The molecule has 8 heteroatoms. The maximum atomic E-state index is 12.9. The van der Waals surface area contributed by atoms with Crippen molar-refractivity contribution in [2.24, 2.45) is 0 Å². The van der Waals surface area contributed by atoms with Crippen LogP contribution in [0.5, 0.6) is 0 Å². The minimum absolute atomic E-state index is 0.0401. The maximum Gasteiger partial charge on any atom is 0.316 e. The fourth-order valence-corrected chi connectivity index (χ4v) is 4.16. The van der Waals surface area contributed by atoms with Gasteiger partial charge in [0.1, 0.15) is 5.82 Å². The van der Waals surface area contributed by atoms with Gasteiger partial charge < -0.3 is 19.2 Å². The Hall–Kier alpha value is -3.42. The van der Waals surface area contributed by atoms with E-state index in [0.717, 1.165) is 37.6 Å². The lowest BCUT2D eigenvalue weighted by Gasteiger charge is -2.35. The minimum Gasteiger partial charge on any atom is -0.368 e. The van der Waals surface area contributed by atoms with Crippen LogP contribution in [0, 0.1) is 6.92 Å². The molecule has 0 spiro atoms. The molecular weight excluding hydrogens is 392 g/mol. The fourth-order valence-electron chi connectivity index (χ4n) is 4.16. The molecule has 31 heavy (non-hydrogen) atoms. The SMILES string of the molecule is Cc1ccc(N2CCN(C(=O)c3nc(-c4ccnc(N5CCCC5)c4)no3)CC2)cc1. The Morgan fingerprint density at radius 2 is 1.68 bits per heavy atom. The first-order chi connectivity index (χ1) is 15.2. The Labute approximate surface area is 181 Å². The van der Waals surface area contributed by atoms with Crippen LogP contribution in [-0.4, -0.2) is 65.2 Å². The predicted octanol–water partition coefficient (Wildman–Crippen LogP) is 3.00. The molecule has 4 heterocycles. The summed E-state index contributed by atoms with van der Waals surface area (Å²) in [6, 6.07) is 12.3. The Balaban J connectivity index is 1.24. The molecule has 5 rings (SSSR count). The molecule has 2 fully saturated rings. The number of nitrogens with zero attached hydrogens (tertiary/aromatic N) is 6. The monoisotopic (exact) mass is 418 g/mol. The van der Waals surface area contributed by atoms with E-state index in [0.29, 0.717) is 18.9 Å². The average molecular weight is 419 g/mol. The number of aryl methyl sites for hydroxylation is 1. The second-order valence-corrected chi connectivity index (χ2v) is 8.13. The largest absolute Gasteiger partial charge is 0.368 e. The standard InChI is InChI=1S/C23H26N6O2/c1-17-4-6-19(7-5-17)27-12-14-29(15-13-27)23(30)22-25-21(26-31-22)18-8-9-24-20(16-18)28-10-2-3-11-28/h4-9,16H,2-3,10-15H2,1H3. The smallest absolute Gasteiger partial charge is 0.316 e. The van der Waals surface area contributed by atoms with E-state index in [9.17, 15) is 4.79 Å². The number of hydrogen-bond donors (Lipinski definition) is 0. The Bertz CT molecular complexity index is 1050. The molecule has 2 aliphatic heterocycles. The van der Waals surface area contributed by atoms with Gasteiger partial charge in [0, 0.05) is 56.7 Å². The molecule has 2 saturated heterocycles. The number of carbonyl (C=O) groups excluding carboxylic acids is 1. The van der Waals surface area contributed by atoms with Crippen molar-refractivity contribution in [1.82, 2.24) is 20.0 Å². The number of anilines is 2. The summed E-state index contributed by atoms with van der Waals surface area (Å²) in [5, 5.41) is 4.05. The van der Waals surface area contributed by atoms with Crippen molar-refractivity contribution < 1.29 is 9.32 Å². The molecule has 1 aromatic carbocycles. The van der Waals surface area contributed by atoms with Gasteiger partial charge in [0.2, 0.25) is 5.82 Å². The van der Waals surface area contributed by atoms with Gasteiger partial charge in [0.15, 0.2) is 0 Å². The van der Waals surface area contributed by atoms with E-state index in [1.54, 1.807) is 11.1 Å². The normalized spacial score (nSPS) is 16.7. The summed E-state index contributed by atoms with van der Waals surface area (Å²) < 4.78 is 5.32. The fraction of sp³-hybridized carbons (Fsp3) is 0.391. The molecule has 0 unspecified atom stereocenters. The first-order valence-electron chi connectivity index (χ1n) is 10.8. The highest BCUT2D eigenvalue weighted by atomic mass is 16.5. The molecule has 2 aliphatic rings. The maximum absolute atomic E-state index is 12.9. The van der Waals surface area contributed by atoms with E-state index in [2.05, 4.69) is 56.1 Å². The number of piperazine rings is 1. The molecule has 8 nitrogen and oxygen atoms in total. The van der Waals surface area contributed by atoms with Crippen molar-refractivity contribution in [2.45, 2.75) is 19.8 Å². The second kappa shape index (κ2) is 8.37. The van der Waals surface area contributed by atoms with Gasteiger partial charge in [-0.1, -0.05) is 22.9 Å². The van der Waals surface area contributed by atoms with Crippen LogP contribution in [0.3, 0.4) is 0 Å². The van der Waals surface area contributed by atoms with Crippen LogP contribution in [0.1, 0.15) is 29.1 Å². The van der Waals surface area contributed by atoms with Gasteiger partial charge in [0.25, 0.3) is 0 Å². The van der Waals surface area contributed by atoms with E-state index < -0.39 is 0 Å². The lowest BCUT2D eigenvalue weighted by Crippen LogP contribution is -2.48. The van der Waals surface area contributed by atoms with Gasteiger partial charge in [0.05, 0.1) is 0 Å². The molecule has 3 aromatic rings. The highest BCUT2D eigenvalue weighted by molar-refractivity contribution is 5.90. The van der Waals surface area contributed by atoms with Crippen LogP contribution in [0.4, 0.5) is 11.5 Å². The van der Waals surface area contributed by atoms with Crippen LogP contribution in [0.15, 0.2) is 47.1 Å². The van der Waals surface area contributed by atoms with Crippen LogP contribution in [-0.2, 0) is 0 Å². The van der Waals surface area contributed by atoms with Crippen molar-refractivity contribution >= 4 is 17.4 Å². The van der Waals surface area contributed by atoms with E-state index in [1.807, 2.05) is 12.1 Å². The number of amides is 1. The summed E-state index contributed by atoms with van der Waals surface area (Å²) in [4.78, 5) is 28.1. The summed E-state index contributed by atoms with van der Waals surface area (Å²) in [5.41, 5.74) is 3.24. The second-order valence-electron chi connectivity index (χ2n) is 8.13. The van der Waals surface area contributed by atoms with Crippen molar-refractivity contribution in [2.75, 3.05) is 49.1 Å². The number of rotatable bonds is 4. The van der Waals surface area contributed by atoms with Gasteiger partial charge in [-0.15, -0.1) is 0 Å². The van der Waals surface area contributed by atoms with Crippen molar-refractivity contribution in [3.63, 3.8) is 0 Å². The molecule has 0 saturated carbocycles. The Morgan fingerprint density at radius 1 is 0.935 bits per heavy atom. The first kappa shape index (κ1) is 19.5. The van der Waals surface area contributed by atoms with E-state index >= 15 is 0 Å². The Morgan fingerprint density at radius 3 is 2.42 bits per heavy atom. The van der Waals surface area contributed by atoms with E-state index in [-0.39, 0.29) is 11.8 Å². The third-order valence-electron chi connectivity index (χ3n) is 6.01. The van der Waals surface area contributed by atoms with Crippen LogP contribution < -0.4 is 9.80 Å².